The normalized spacial score (nSPS) is 10.3. The van der Waals surface area contributed by atoms with E-state index in [1.807, 2.05) is 24.3 Å². The van der Waals surface area contributed by atoms with Crippen molar-refractivity contribution in [2.24, 2.45) is 0 Å². The average Bonchev–Trinajstić information content (AvgIpc) is 2.44. The molecule has 3 nitrogen and oxygen atoms in total. The highest BCUT2D eigenvalue weighted by Crippen LogP contribution is 2.19. The van der Waals surface area contributed by atoms with Crippen LogP contribution in [-0.4, -0.2) is 12.9 Å². The van der Waals surface area contributed by atoms with Crippen LogP contribution in [-0.2, 0) is 6.42 Å². The molecule has 4 heteroatoms. The van der Waals surface area contributed by atoms with E-state index in [1.165, 1.54) is 0 Å². The van der Waals surface area contributed by atoms with E-state index in [0.29, 0.717) is 24.1 Å². The van der Waals surface area contributed by atoms with Crippen LogP contribution >= 0.6 is 15.9 Å². The van der Waals surface area contributed by atoms with E-state index in [2.05, 4.69) is 15.9 Å². The van der Waals surface area contributed by atoms with Gasteiger partial charge in [0.1, 0.15) is 5.75 Å². The van der Waals surface area contributed by atoms with Crippen molar-refractivity contribution in [1.82, 2.24) is 0 Å². The topological polar surface area (TPSA) is 52.3 Å². The van der Waals surface area contributed by atoms with Gasteiger partial charge >= 0.3 is 0 Å². The van der Waals surface area contributed by atoms with Crippen LogP contribution in [0.1, 0.15) is 22.3 Å². The summed E-state index contributed by atoms with van der Waals surface area (Å²) in [7, 11) is 1.64. The number of methoxy groups -OCH3 is 1. The van der Waals surface area contributed by atoms with E-state index >= 15 is 0 Å². The number of benzene rings is 2. The van der Waals surface area contributed by atoms with Crippen molar-refractivity contribution in [2.75, 3.05) is 12.8 Å². The van der Waals surface area contributed by atoms with Crippen molar-refractivity contribution in [3.63, 3.8) is 0 Å². The molecule has 0 aromatic heterocycles. The van der Waals surface area contributed by atoms with Crippen LogP contribution in [0.3, 0.4) is 0 Å². The number of nitrogen functional groups attached to an aromatic ring is 1. The molecule has 104 valence electrons. The second-order valence-corrected chi connectivity index (χ2v) is 5.46. The Labute approximate surface area is 126 Å². The second kappa shape index (κ2) is 6.57. The molecular weight excluding hydrogens is 318 g/mol. The van der Waals surface area contributed by atoms with Gasteiger partial charge in [-0.2, -0.15) is 0 Å². The molecule has 0 fully saturated rings. The summed E-state index contributed by atoms with van der Waals surface area (Å²) >= 11 is 3.35. The first-order valence-corrected chi connectivity index (χ1v) is 7.10. The number of nitrogens with two attached hydrogens (primary N) is 1. The van der Waals surface area contributed by atoms with Gasteiger partial charge in [-0.25, -0.2) is 0 Å². The van der Waals surface area contributed by atoms with Gasteiger partial charge in [0.15, 0.2) is 5.78 Å². The number of hydrogen-bond donors (Lipinski definition) is 1. The highest BCUT2D eigenvalue weighted by molar-refractivity contribution is 9.10. The molecule has 20 heavy (non-hydrogen) atoms. The molecule has 2 aromatic rings. The molecule has 0 atom stereocenters. The number of ether oxygens (including phenoxy) is 1. The summed E-state index contributed by atoms with van der Waals surface area (Å²) in [6.45, 7) is 0. The number of ketones is 1. The Kier molecular flexibility index (Phi) is 4.79. The number of halogens is 1. The number of carbonyl (C=O) groups is 1. The number of rotatable bonds is 5. The van der Waals surface area contributed by atoms with Crippen molar-refractivity contribution in [3.8, 4) is 5.75 Å². The van der Waals surface area contributed by atoms with Crippen LogP contribution in [0.15, 0.2) is 46.9 Å². The standard InChI is InChI=1S/C16H16BrNO2/c1-20-15-5-2-11(3-6-15)4-7-16(19)12-8-13(17)10-14(18)9-12/h2-3,5-6,8-10H,4,7,18H2,1H3. The third kappa shape index (κ3) is 3.84. The SMILES string of the molecule is COc1ccc(CCC(=O)c2cc(N)cc(Br)c2)cc1. The molecule has 0 saturated heterocycles. The third-order valence-electron chi connectivity index (χ3n) is 3.04. The number of carbonyl (C=O) groups excluding carboxylic acids is 1. The molecule has 0 unspecified atom stereocenters. The van der Waals surface area contributed by atoms with Gasteiger partial charge < -0.3 is 10.5 Å². The number of anilines is 1. The summed E-state index contributed by atoms with van der Waals surface area (Å²) in [5, 5.41) is 0. The summed E-state index contributed by atoms with van der Waals surface area (Å²) in [6.07, 6.45) is 1.16. The van der Waals surface area contributed by atoms with Crippen LogP contribution in [0.4, 0.5) is 5.69 Å². The van der Waals surface area contributed by atoms with E-state index in [4.69, 9.17) is 10.5 Å². The Balaban J connectivity index is 2.00. The quantitative estimate of drug-likeness (QED) is 0.667. The number of aryl methyl sites for hydroxylation is 1. The van der Waals surface area contributed by atoms with Gasteiger partial charge in [0.25, 0.3) is 0 Å². The van der Waals surface area contributed by atoms with Gasteiger partial charge in [-0.1, -0.05) is 28.1 Å². The summed E-state index contributed by atoms with van der Waals surface area (Å²) in [6, 6.07) is 13.0. The summed E-state index contributed by atoms with van der Waals surface area (Å²) in [4.78, 5) is 12.1. The van der Waals surface area contributed by atoms with E-state index < -0.39 is 0 Å². The minimum atomic E-state index is 0.0915. The highest BCUT2D eigenvalue weighted by Gasteiger charge is 2.08. The Morgan fingerprint density at radius 2 is 1.90 bits per heavy atom. The van der Waals surface area contributed by atoms with Crippen molar-refractivity contribution in [1.29, 1.82) is 0 Å². The van der Waals surface area contributed by atoms with Gasteiger partial charge in [-0.05, 0) is 42.3 Å². The third-order valence-corrected chi connectivity index (χ3v) is 3.50. The van der Waals surface area contributed by atoms with Crippen LogP contribution < -0.4 is 10.5 Å². The predicted molar refractivity (Wildman–Crippen MR) is 84.2 cm³/mol. The largest absolute Gasteiger partial charge is 0.497 e. The monoisotopic (exact) mass is 333 g/mol. The molecule has 0 aliphatic heterocycles. The molecule has 0 bridgehead atoms. The number of Topliss-reactive ketones (excluding diaryl/α,β-unsaturated/α-hetero) is 1. The molecule has 2 aromatic carbocycles. The fourth-order valence-electron chi connectivity index (χ4n) is 1.97. The van der Waals surface area contributed by atoms with Crippen LogP contribution in [0.25, 0.3) is 0 Å². The maximum atomic E-state index is 12.1. The fourth-order valence-corrected chi connectivity index (χ4v) is 2.48. The molecule has 0 amide bonds. The minimum absolute atomic E-state index is 0.0915. The van der Waals surface area contributed by atoms with Crippen molar-refractivity contribution >= 4 is 27.4 Å². The lowest BCUT2D eigenvalue weighted by Gasteiger charge is -2.05. The van der Waals surface area contributed by atoms with E-state index in [0.717, 1.165) is 15.8 Å². The van der Waals surface area contributed by atoms with Gasteiger partial charge in [0.05, 0.1) is 7.11 Å². The van der Waals surface area contributed by atoms with Crippen LogP contribution in [0.2, 0.25) is 0 Å². The van der Waals surface area contributed by atoms with E-state index in [1.54, 1.807) is 25.3 Å². The molecule has 2 rings (SSSR count). The molecule has 2 N–H and O–H groups in total. The molecule has 0 heterocycles. The maximum Gasteiger partial charge on any atom is 0.163 e. The first kappa shape index (κ1) is 14.6. The van der Waals surface area contributed by atoms with Gasteiger partial charge in [-0.15, -0.1) is 0 Å². The molecule has 0 radical (unpaired) electrons. The van der Waals surface area contributed by atoms with E-state index in [-0.39, 0.29) is 5.78 Å². The van der Waals surface area contributed by atoms with Gasteiger partial charge in [0.2, 0.25) is 0 Å². The zero-order valence-electron chi connectivity index (χ0n) is 11.2. The van der Waals surface area contributed by atoms with Crippen molar-refractivity contribution < 1.29 is 9.53 Å². The lowest BCUT2D eigenvalue weighted by atomic mass is 10.0. The summed E-state index contributed by atoms with van der Waals surface area (Å²) < 4.78 is 5.93. The average molecular weight is 334 g/mol. The molecule has 0 saturated carbocycles. The maximum absolute atomic E-state index is 12.1. The van der Waals surface area contributed by atoms with Gasteiger partial charge in [-0.3, -0.25) is 4.79 Å². The van der Waals surface area contributed by atoms with Crippen LogP contribution in [0, 0.1) is 0 Å². The molecule has 0 spiro atoms. The zero-order valence-corrected chi connectivity index (χ0v) is 12.8. The minimum Gasteiger partial charge on any atom is -0.497 e. The molecular formula is C16H16BrNO2. The van der Waals surface area contributed by atoms with Gasteiger partial charge in [0, 0.05) is 22.1 Å². The molecule has 0 aliphatic carbocycles. The lowest BCUT2D eigenvalue weighted by Crippen LogP contribution is -2.02. The first-order chi connectivity index (χ1) is 9.58. The summed E-state index contributed by atoms with van der Waals surface area (Å²) in [5.74, 6) is 0.911. The highest BCUT2D eigenvalue weighted by atomic mass is 79.9. The number of hydrogen-bond acceptors (Lipinski definition) is 3. The lowest BCUT2D eigenvalue weighted by molar-refractivity contribution is 0.0983. The smallest absolute Gasteiger partial charge is 0.163 e. The summed E-state index contributed by atoms with van der Waals surface area (Å²) in [5.41, 5.74) is 8.09. The first-order valence-electron chi connectivity index (χ1n) is 6.30. The fraction of sp³-hybridized carbons (Fsp3) is 0.188. The second-order valence-electron chi connectivity index (χ2n) is 4.54. The Bertz CT molecular complexity index is 588. The van der Waals surface area contributed by atoms with Crippen LogP contribution in [0.5, 0.6) is 5.75 Å². The Morgan fingerprint density at radius 1 is 1.20 bits per heavy atom. The van der Waals surface area contributed by atoms with E-state index in [9.17, 15) is 4.79 Å². The Hall–Kier alpha value is -1.81. The van der Waals surface area contributed by atoms with Crippen molar-refractivity contribution in [3.05, 3.63) is 58.1 Å². The Morgan fingerprint density at radius 3 is 2.50 bits per heavy atom. The molecule has 0 aliphatic rings. The predicted octanol–water partition coefficient (Wildman–Crippen LogP) is 3.86. The zero-order chi connectivity index (χ0) is 14.5. The van der Waals surface area contributed by atoms with Crippen molar-refractivity contribution in [2.45, 2.75) is 12.8 Å².